The molecule has 3 aromatic rings. The first-order valence-electron chi connectivity index (χ1n) is 6.62. The van der Waals surface area contributed by atoms with Crippen LogP contribution in [-0.2, 0) is 4.79 Å². The summed E-state index contributed by atoms with van der Waals surface area (Å²) >= 11 is 1.56. The van der Waals surface area contributed by atoms with E-state index in [0.717, 1.165) is 32.0 Å². The normalized spacial score (nSPS) is 10.6. The highest BCUT2D eigenvalue weighted by molar-refractivity contribution is 7.23. The van der Waals surface area contributed by atoms with E-state index in [9.17, 15) is 4.79 Å². The molecule has 0 aliphatic carbocycles. The van der Waals surface area contributed by atoms with Crippen LogP contribution in [0, 0.1) is 0 Å². The van der Waals surface area contributed by atoms with Gasteiger partial charge < -0.3 is 10.1 Å². The van der Waals surface area contributed by atoms with Crippen molar-refractivity contribution in [3.05, 3.63) is 48.5 Å². The van der Waals surface area contributed by atoms with E-state index in [4.69, 9.17) is 4.74 Å². The number of anilines is 1. The number of carbonyl (C=O) groups excluding carboxylic acids is 1. The molecule has 0 spiro atoms. The van der Waals surface area contributed by atoms with Gasteiger partial charge in [-0.1, -0.05) is 30.3 Å². The molecule has 0 bridgehead atoms. The fourth-order valence-electron chi connectivity index (χ4n) is 2.36. The summed E-state index contributed by atoms with van der Waals surface area (Å²) < 4.78 is 6.55. The minimum Gasteiger partial charge on any atom is -0.496 e. The Bertz CT molecular complexity index is 793. The summed E-state index contributed by atoms with van der Waals surface area (Å²) in [6.07, 6.45) is 0. The number of rotatable bonds is 3. The Morgan fingerprint density at radius 1 is 1.14 bits per heavy atom. The Hall–Kier alpha value is -2.33. The van der Waals surface area contributed by atoms with E-state index in [1.54, 1.807) is 18.4 Å². The Morgan fingerprint density at radius 2 is 1.90 bits per heavy atom. The molecular weight excluding hydrogens is 282 g/mol. The van der Waals surface area contributed by atoms with Crippen molar-refractivity contribution in [2.45, 2.75) is 6.92 Å². The zero-order valence-electron chi connectivity index (χ0n) is 11.8. The monoisotopic (exact) mass is 297 g/mol. The zero-order valence-corrected chi connectivity index (χ0v) is 12.7. The number of benzene rings is 2. The first-order valence-corrected chi connectivity index (χ1v) is 7.44. The fourth-order valence-corrected chi connectivity index (χ4v) is 3.51. The predicted molar refractivity (Wildman–Crippen MR) is 88.1 cm³/mol. The number of hydrogen-bond donors (Lipinski definition) is 1. The molecule has 21 heavy (non-hydrogen) atoms. The summed E-state index contributed by atoms with van der Waals surface area (Å²) in [6.45, 7) is 1.51. The van der Waals surface area contributed by atoms with Crippen molar-refractivity contribution in [3.63, 3.8) is 0 Å². The lowest BCUT2D eigenvalue weighted by Gasteiger charge is -2.06. The third kappa shape index (κ3) is 2.62. The number of nitrogens with one attached hydrogen (secondary N) is 1. The molecule has 0 fully saturated rings. The van der Waals surface area contributed by atoms with Crippen molar-refractivity contribution in [3.8, 4) is 16.9 Å². The molecule has 1 heterocycles. The highest BCUT2D eigenvalue weighted by Gasteiger charge is 2.13. The van der Waals surface area contributed by atoms with E-state index in [-0.39, 0.29) is 5.91 Å². The molecule has 4 heteroatoms. The lowest BCUT2D eigenvalue weighted by molar-refractivity contribution is -0.114. The molecule has 1 amide bonds. The van der Waals surface area contributed by atoms with E-state index >= 15 is 0 Å². The lowest BCUT2D eigenvalue weighted by atomic mass is 10.0. The maximum atomic E-state index is 11.3. The highest BCUT2D eigenvalue weighted by atomic mass is 32.1. The van der Waals surface area contributed by atoms with E-state index in [0.29, 0.717) is 0 Å². The number of hydrogen-bond acceptors (Lipinski definition) is 3. The molecule has 0 saturated carbocycles. The minimum atomic E-state index is -0.0678. The van der Waals surface area contributed by atoms with Crippen LogP contribution in [0.5, 0.6) is 5.75 Å². The summed E-state index contributed by atoms with van der Waals surface area (Å²) in [6, 6.07) is 16.2. The topological polar surface area (TPSA) is 38.3 Å². The summed E-state index contributed by atoms with van der Waals surface area (Å²) in [4.78, 5) is 11.3. The Labute approximate surface area is 127 Å². The second kappa shape index (κ2) is 5.58. The average molecular weight is 297 g/mol. The van der Waals surface area contributed by atoms with Crippen molar-refractivity contribution in [1.82, 2.24) is 0 Å². The lowest BCUT2D eigenvalue weighted by Crippen LogP contribution is -2.03. The summed E-state index contributed by atoms with van der Waals surface area (Å²) in [5, 5.41) is 4.70. The second-order valence-electron chi connectivity index (χ2n) is 4.72. The van der Waals surface area contributed by atoms with Crippen LogP contribution in [0.4, 0.5) is 5.00 Å². The molecular formula is C17H15NO2S. The summed E-state index contributed by atoms with van der Waals surface area (Å²) in [5.74, 6) is 0.749. The van der Waals surface area contributed by atoms with Gasteiger partial charge in [-0.15, -0.1) is 11.3 Å². The number of fused-ring (bicyclic) bond motifs is 1. The number of methoxy groups -OCH3 is 1. The zero-order chi connectivity index (χ0) is 14.8. The molecule has 0 saturated heterocycles. The van der Waals surface area contributed by atoms with Crippen LogP contribution in [0.3, 0.4) is 0 Å². The van der Waals surface area contributed by atoms with Crippen LogP contribution in [0.15, 0.2) is 48.5 Å². The van der Waals surface area contributed by atoms with Crippen molar-refractivity contribution < 1.29 is 9.53 Å². The molecule has 0 aliphatic rings. The first-order chi connectivity index (χ1) is 10.2. The van der Waals surface area contributed by atoms with Gasteiger partial charge in [0.25, 0.3) is 0 Å². The van der Waals surface area contributed by atoms with Gasteiger partial charge in [0.2, 0.25) is 5.91 Å². The smallest absolute Gasteiger partial charge is 0.221 e. The quantitative estimate of drug-likeness (QED) is 0.771. The van der Waals surface area contributed by atoms with Gasteiger partial charge in [0.1, 0.15) is 5.75 Å². The standard InChI is InChI=1S/C17H15NO2S/c1-11(19)18-16-10-14-15(20-2)9-8-13(17(14)21-16)12-6-4-3-5-7-12/h3-10H,1-2H3,(H,18,19). The number of carbonyl (C=O) groups is 1. The van der Waals surface area contributed by atoms with Crippen molar-refractivity contribution in [2.75, 3.05) is 12.4 Å². The highest BCUT2D eigenvalue weighted by Crippen LogP contribution is 2.41. The van der Waals surface area contributed by atoms with Crippen LogP contribution in [0.25, 0.3) is 21.2 Å². The van der Waals surface area contributed by atoms with E-state index < -0.39 is 0 Å². The van der Waals surface area contributed by atoms with Gasteiger partial charge in [0.05, 0.1) is 12.1 Å². The maximum Gasteiger partial charge on any atom is 0.221 e. The van der Waals surface area contributed by atoms with E-state index in [2.05, 4.69) is 23.5 Å². The van der Waals surface area contributed by atoms with Crippen molar-refractivity contribution >= 4 is 32.3 Å². The van der Waals surface area contributed by atoms with Gasteiger partial charge in [-0.25, -0.2) is 0 Å². The van der Waals surface area contributed by atoms with Gasteiger partial charge in [-0.2, -0.15) is 0 Å². The van der Waals surface area contributed by atoms with E-state index in [1.807, 2.05) is 30.3 Å². The van der Waals surface area contributed by atoms with Crippen LogP contribution in [0.1, 0.15) is 6.92 Å². The average Bonchev–Trinajstić information content (AvgIpc) is 2.89. The fraction of sp³-hybridized carbons (Fsp3) is 0.118. The van der Waals surface area contributed by atoms with Gasteiger partial charge in [-0.05, 0) is 29.3 Å². The summed E-state index contributed by atoms with van der Waals surface area (Å²) in [5.41, 5.74) is 2.30. The molecule has 106 valence electrons. The molecule has 1 aromatic heterocycles. The molecule has 3 nitrogen and oxygen atoms in total. The third-order valence-corrected chi connectivity index (χ3v) is 4.33. The molecule has 1 N–H and O–H groups in total. The number of thiophene rings is 1. The van der Waals surface area contributed by atoms with Crippen LogP contribution >= 0.6 is 11.3 Å². The second-order valence-corrected chi connectivity index (χ2v) is 5.77. The van der Waals surface area contributed by atoms with Crippen molar-refractivity contribution in [2.24, 2.45) is 0 Å². The van der Waals surface area contributed by atoms with Crippen LogP contribution in [-0.4, -0.2) is 13.0 Å². The largest absolute Gasteiger partial charge is 0.496 e. The predicted octanol–water partition coefficient (Wildman–Crippen LogP) is 4.54. The van der Waals surface area contributed by atoms with Crippen LogP contribution < -0.4 is 10.1 Å². The Balaban J connectivity index is 2.22. The maximum absolute atomic E-state index is 11.3. The molecule has 0 atom stereocenters. The summed E-state index contributed by atoms with van der Waals surface area (Å²) in [7, 11) is 1.66. The number of amides is 1. The molecule has 3 rings (SSSR count). The Kier molecular flexibility index (Phi) is 3.62. The van der Waals surface area contributed by atoms with Gasteiger partial charge in [-0.3, -0.25) is 4.79 Å². The van der Waals surface area contributed by atoms with E-state index in [1.165, 1.54) is 6.92 Å². The molecule has 0 radical (unpaired) electrons. The molecule has 2 aromatic carbocycles. The first kappa shape index (κ1) is 13.6. The van der Waals surface area contributed by atoms with Crippen molar-refractivity contribution in [1.29, 1.82) is 0 Å². The molecule has 0 aliphatic heterocycles. The van der Waals surface area contributed by atoms with Gasteiger partial charge >= 0.3 is 0 Å². The number of ether oxygens (including phenoxy) is 1. The van der Waals surface area contributed by atoms with Gasteiger partial charge in [0, 0.05) is 17.0 Å². The Morgan fingerprint density at radius 3 is 2.57 bits per heavy atom. The SMILES string of the molecule is COc1ccc(-c2ccccc2)c2sc(NC(C)=O)cc12. The minimum absolute atomic E-state index is 0.0678. The third-order valence-electron chi connectivity index (χ3n) is 3.25. The van der Waals surface area contributed by atoms with Gasteiger partial charge in [0.15, 0.2) is 0 Å². The van der Waals surface area contributed by atoms with Crippen LogP contribution in [0.2, 0.25) is 0 Å². The molecule has 0 unspecified atom stereocenters.